The summed E-state index contributed by atoms with van der Waals surface area (Å²) in [6.45, 7) is 3.76. The molecule has 3 N–H and O–H groups in total. The molecule has 0 bridgehead atoms. The Balaban J connectivity index is 1.55. The lowest BCUT2D eigenvalue weighted by atomic mass is 10.2. The fraction of sp³-hybridized carbons (Fsp3) is 0.450. The number of carbonyl (C=O) groups is 1. The Bertz CT molecular complexity index is 910. The van der Waals surface area contributed by atoms with E-state index in [1.807, 2.05) is 18.2 Å². The molecule has 168 valence electrons. The van der Waals surface area contributed by atoms with Gasteiger partial charge in [-0.3, -0.25) is 9.36 Å². The van der Waals surface area contributed by atoms with E-state index in [2.05, 4.69) is 10.1 Å². The SMILES string of the molecule is CC(C)OC(=O)CNP(OCC1CCC(n2ccc(N)nc2=O)O1)Oc1ccccc1. The van der Waals surface area contributed by atoms with E-state index in [1.54, 1.807) is 38.2 Å². The van der Waals surface area contributed by atoms with Gasteiger partial charge in [-0.1, -0.05) is 18.2 Å². The van der Waals surface area contributed by atoms with Gasteiger partial charge in [-0.25, -0.2) is 9.88 Å². The number of nitrogen functional groups attached to an aromatic ring is 1. The van der Waals surface area contributed by atoms with E-state index in [1.165, 1.54) is 4.57 Å². The number of nitrogens with zero attached hydrogens (tertiary/aromatic N) is 2. The first-order valence-electron chi connectivity index (χ1n) is 10.00. The number of hydrogen-bond donors (Lipinski definition) is 2. The van der Waals surface area contributed by atoms with Gasteiger partial charge in [0, 0.05) is 6.20 Å². The number of aromatic nitrogens is 2. The van der Waals surface area contributed by atoms with E-state index in [9.17, 15) is 9.59 Å². The van der Waals surface area contributed by atoms with Crippen molar-refractivity contribution in [2.45, 2.75) is 45.1 Å². The Morgan fingerprint density at radius 2 is 2.10 bits per heavy atom. The predicted molar refractivity (Wildman–Crippen MR) is 115 cm³/mol. The maximum Gasteiger partial charge on any atom is 0.351 e. The number of nitrogens with one attached hydrogen (secondary N) is 1. The molecule has 1 aromatic carbocycles. The smallest absolute Gasteiger partial charge is 0.351 e. The van der Waals surface area contributed by atoms with Crippen LogP contribution in [0, 0.1) is 0 Å². The highest BCUT2D eigenvalue weighted by atomic mass is 31.2. The number of benzene rings is 1. The topological polar surface area (TPSA) is 127 Å². The second-order valence-corrected chi connectivity index (χ2v) is 8.43. The molecule has 31 heavy (non-hydrogen) atoms. The minimum atomic E-state index is -1.62. The largest absolute Gasteiger partial charge is 0.462 e. The average molecular weight is 450 g/mol. The van der Waals surface area contributed by atoms with Gasteiger partial charge in [-0.05, 0) is 44.9 Å². The van der Waals surface area contributed by atoms with Crippen molar-refractivity contribution < 1.29 is 23.3 Å². The number of ether oxygens (including phenoxy) is 2. The van der Waals surface area contributed by atoms with E-state index >= 15 is 0 Å². The quantitative estimate of drug-likeness (QED) is 0.414. The number of esters is 1. The molecule has 1 saturated heterocycles. The van der Waals surface area contributed by atoms with Crippen molar-refractivity contribution in [2.24, 2.45) is 0 Å². The monoisotopic (exact) mass is 450 g/mol. The first kappa shape index (κ1) is 23.1. The summed E-state index contributed by atoms with van der Waals surface area (Å²) in [5.41, 5.74) is 5.08. The molecular weight excluding hydrogens is 423 g/mol. The zero-order valence-corrected chi connectivity index (χ0v) is 18.4. The van der Waals surface area contributed by atoms with E-state index < -0.39 is 26.4 Å². The van der Waals surface area contributed by atoms with Gasteiger partial charge in [0.05, 0.1) is 18.8 Å². The molecule has 1 aliphatic rings. The number of para-hydroxylation sites is 1. The van der Waals surface area contributed by atoms with Crippen LogP contribution in [0.4, 0.5) is 5.82 Å². The van der Waals surface area contributed by atoms with Crippen LogP contribution in [0.15, 0.2) is 47.4 Å². The van der Waals surface area contributed by atoms with Crippen molar-refractivity contribution in [1.82, 2.24) is 14.6 Å². The molecule has 3 unspecified atom stereocenters. The van der Waals surface area contributed by atoms with Gasteiger partial charge in [0.15, 0.2) is 0 Å². The molecule has 0 spiro atoms. The molecule has 0 aliphatic carbocycles. The third kappa shape index (κ3) is 7.29. The van der Waals surface area contributed by atoms with Gasteiger partial charge in [0.1, 0.15) is 24.3 Å². The van der Waals surface area contributed by atoms with Crippen LogP contribution in [0.1, 0.15) is 32.9 Å². The maximum absolute atomic E-state index is 12.0. The van der Waals surface area contributed by atoms with Crippen LogP contribution in [-0.2, 0) is 18.8 Å². The Hall–Kier alpha value is -2.52. The van der Waals surface area contributed by atoms with E-state index in [-0.39, 0.29) is 31.2 Å². The molecular formula is C20H27N4O6P. The molecule has 1 aliphatic heterocycles. The van der Waals surface area contributed by atoms with E-state index in [0.29, 0.717) is 18.6 Å². The fourth-order valence-electron chi connectivity index (χ4n) is 2.92. The third-order valence-electron chi connectivity index (χ3n) is 4.28. The number of carbonyl (C=O) groups excluding carboxylic acids is 1. The zero-order valence-electron chi connectivity index (χ0n) is 17.5. The van der Waals surface area contributed by atoms with Crippen LogP contribution in [0.3, 0.4) is 0 Å². The highest BCUT2D eigenvalue weighted by Crippen LogP contribution is 2.37. The first-order chi connectivity index (χ1) is 14.9. The van der Waals surface area contributed by atoms with Gasteiger partial charge >= 0.3 is 20.2 Å². The third-order valence-corrected chi connectivity index (χ3v) is 5.45. The zero-order chi connectivity index (χ0) is 22.2. The molecule has 3 rings (SSSR count). The van der Waals surface area contributed by atoms with E-state index in [0.717, 1.165) is 0 Å². The molecule has 2 aromatic rings. The van der Waals surface area contributed by atoms with Gasteiger partial charge in [0.25, 0.3) is 0 Å². The summed E-state index contributed by atoms with van der Waals surface area (Å²) in [5, 5.41) is 2.97. The predicted octanol–water partition coefficient (Wildman–Crippen LogP) is 2.37. The van der Waals surface area contributed by atoms with Crippen LogP contribution in [0.5, 0.6) is 5.75 Å². The first-order valence-corrected chi connectivity index (χ1v) is 11.2. The summed E-state index contributed by atoms with van der Waals surface area (Å²) in [4.78, 5) is 27.6. The molecule has 1 aromatic heterocycles. The van der Waals surface area contributed by atoms with Gasteiger partial charge < -0.3 is 24.3 Å². The lowest BCUT2D eigenvalue weighted by Gasteiger charge is -2.21. The number of rotatable bonds is 10. The fourth-order valence-corrected chi connectivity index (χ4v) is 4.01. The molecule has 3 atom stereocenters. The second kappa shape index (κ2) is 11.2. The summed E-state index contributed by atoms with van der Waals surface area (Å²) >= 11 is 0. The van der Waals surface area contributed by atoms with Crippen molar-refractivity contribution in [1.29, 1.82) is 0 Å². The molecule has 2 heterocycles. The maximum atomic E-state index is 12.0. The summed E-state index contributed by atoms with van der Waals surface area (Å²) in [7, 11) is -1.62. The summed E-state index contributed by atoms with van der Waals surface area (Å²) in [6, 6.07) is 10.7. The molecule has 0 amide bonds. The Morgan fingerprint density at radius 1 is 1.32 bits per heavy atom. The van der Waals surface area contributed by atoms with Crippen molar-refractivity contribution in [3.8, 4) is 5.75 Å². The highest BCUT2D eigenvalue weighted by molar-refractivity contribution is 7.45. The Morgan fingerprint density at radius 3 is 2.81 bits per heavy atom. The number of nitrogens with two attached hydrogens (primary N) is 1. The molecule has 0 saturated carbocycles. The van der Waals surface area contributed by atoms with Crippen LogP contribution in [-0.4, -0.2) is 40.9 Å². The lowest BCUT2D eigenvalue weighted by molar-refractivity contribution is -0.145. The van der Waals surface area contributed by atoms with Crippen molar-refractivity contribution in [3.05, 3.63) is 53.1 Å². The van der Waals surface area contributed by atoms with Crippen molar-refractivity contribution >= 4 is 20.3 Å². The number of hydrogen-bond acceptors (Lipinski definition) is 9. The van der Waals surface area contributed by atoms with Crippen LogP contribution in [0.2, 0.25) is 0 Å². The van der Waals surface area contributed by atoms with Gasteiger partial charge in [-0.15, -0.1) is 0 Å². The minimum absolute atomic E-state index is 0.0443. The number of anilines is 1. The van der Waals surface area contributed by atoms with Crippen molar-refractivity contribution in [3.63, 3.8) is 0 Å². The molecule has 1 fully saturated rings. The normalized spacial score (nSPS) is 19.3. The Labute approximate surface area is 181 Å². The summed E-state index contributed by atoms with van der Waals surface area (Å²) < 4.78 is 24.3. The van der Waals surface area contributed by atoms with Crippen LogP contribution in [0.25, 0.3) is 0 Å². The molecule has 10 nitrogen and oxygen atoms in total. The summed E-state index contributed by atoms with van der Waals surface area (Å²) in [5.74, 6) is 0.392. The highest BCUT2D eigenvalue weighted by Gasteiger charge is 2.29. The van der Waals surface area contributed by atoms with Gasteiger partial charge in [0.2, 0.25) is 0 Å². The van der Waals surface area contributed by atoms with Crippen LogP contribution >= 0.6 is 8.53 Å². The van der Waals surface area contributed by atoms with Gasteiger partial charge in [-0.2, -0.15) is 4.98 Å². The lowest BCUT2D eigenvalue weighted by Crippen LogP contribution is -2.28. The molecule has 11 heteroatoms. The minimum Gasteiger partial charge on any atom is -0.462 e. The van der Waals surface area contributed by atoms with E-state index in [4.69, 9.17) is 24.3 Å². The Kier molecular flexibility index (Phi) is 8.36. The summed E-state index contributed by atoms with van der Waals surface area (Å²) in [6.07, 6.45) is 2.06. The standard InChI is InChI=1S/C20H27N4O6P/c1-14(2)28-19(25)12-22-31(30-15-6-4-3-5-7-15)27-13-16-8-9-18(29-16)24-11-10-17(21)23-20(24)26/h3-7,10-11,14,16,18,22H,8-9,12-13H2,1-2H3,(H2,21,23,26). The molecule has 0 radical (unpaired) electrons. The average Bonchev–Trinajstić information content (AvgIpc) is 3.19. The second-order valence-electron chi connectivity index (χ2n) is 7.16. The van der Waals surface area contributed by atoms with Crippen LogP contribution < -0.4 is 21.0 Å². The van der Waals surface area contributed by atoms with Crippen molar-refractivity contribution in [2.75, 3.05) is 18.9 Å².